The smallest absolute Gasteiger partial charge is 0.157 e. The van der Waals surface area contributed by atoms with E-state index in [-0.39, 0.29) is 5.84 Å². The van der Waals surface area contributed by atoms with E-state index in [1.807, 2.05) is 38.1 Å². The van der Waals surface area contributed by atoms with Gasteiger partial charge in [-0.25, -0.2) is 9.97 Å². The fourth-order valence-corrected chi connectivity index (χ4v) is 4.42. The largest absolute Gasteiger partial charge is 0.384 e. The first kappa shape index (κ1) is 14.0. The molecule has 3 rings (SSSR count). The second kappa shape index (κ2) is 5.46. The Labute approximate surface area is 130 Å². The Kier molecular flexibility index (Phi) is 3.65. The molecule has 0 saturated carbocycles. The third-order valence-electron chi connectivity index (χ3n) is 3.04. The SMILES string of the molecule is Cc1cc(C)c(C(=N)N)c(Sc2nc3ccccc3s2)n1. The van der Waals surface area contributed by atoms with Gasteiger partial charge in [-0.1, -0.05) is 12.1 Å². The first-order valence-corrected chi connectivity index (χ1v) is 8.04. The van der Waals surface area contributed by atoms with E-state index in [1.165, 1.54) is 11.8 Å². The van der Waals surface area contributed by atoms with Gasteiger partial charge in [-0.15, -0.1) is 11.3 Å². The molecule has 0 atom stereocenters. The molecule has 2 heterocycles. The maximum absolute atomic E-state index is 7.77. The molecule has 0 aliphatic heterocycles. The topological polar surface area (TPSA) is 75.7 Å². The summed E-state index contributed by atoms with van der Waals surface area (Å²) >= 11 is 3.10. The minimum absolute atomic E-state index is 0.0450. The van der Waals surface area contributed by atoms with E-state index in [9.17, 15) is 0 Å². The number of amidine groups is 1. The summed E-state index contributed by atoms with van der Waals surface area (Å²) in [5.41, 5.74) is 9.28. The highest BCUT2D eigenvalue weighted by Crippen LogP contribution is 2.35. The predicted molar refractivity (Wildman–Crippen MR) is 88.5 cm³/mol. The van der Waals surface area contributed by atoms with Gasteiger partial charge in [0, 0.05) is 5.69 Å². The molecule has 0 saturated heterocycles. The Bertz CT molecular complexity index is 806. The first-order valence-electron chi connectivity index (χ1n) is 6.40. The van der Waals surface area contributed by atoms with Gasteiger partial charge in [0.2, 0.25) is 0 Å². The first-order chi connectivity index (χ1) is 10.0. The van der Waals surface area contributed by atoms with E-state index in [0.29, 0.717) is 5.56 Å². The van der Waals surface area contributed by atoms with Gasteiger partial charge in [-0.3, -0.25) is 5.41 Å². The molecule has 0 fully saturated rings. The molecule has 2 aromatic heterocycles. The molecule has 0 radical (unpaired) electrons. The van der Waals surface area contributed by atoms with Crippen molar-refractivity contribution in [3.63, 3.8) is 0 Å². The van der Waals surface area contributed by atoms with Gasteiger partial charge in [0.1, 0.15) is 10.9 Å². The highest BCUT2D eigenvalue weighted by Gasteiger charge is 2.15. The lowest BCUT2D eigenvalue weighted by Crippen LogP contribution is -2.15. The lowest BCUT2D eigenvalue weighted by atomic mass is 10.1. The maximum atomic E-state index is 7.77. The van der Waals surface area contributed by atoms with Crippen molar-refractivity contribution in [2.24, 2.45) is 5.73 Å². The van der Waals surface area contributed by atoms with E-state index in [1.54, 1.807) is 11.3 Å². The average molecular weight is 314 g/mol. The number of aromatic nitrogens is 2. The van der Waals surface area contributed by atoms with Crippen molar-refractivity contribution in [1.29, 1.82) is 5.41 Å². The van der Waals surface area contributed by atoms with Gasteiger partial charge < -0.3 is 5.73 Å². The minimum Gasteiger partial charge on any atom is -0.384 e. The monoisotopic (exact) mass is 314 g/mol. The molecule has 0 amide bonds. The molecule has 3 aromatic rings. The summed E-state index contributed by atoms with van der Waals surface area (Å²) in [6.45, 7) is 3.90. The Balaban J connectivity index is 2.06. The molecule has 0 bridgehead atoms. The molecule has 3 N–H and O–H groups in total. The third kappa shape index (κ3) is 2.77. The number of hydrogen-bond donors (Lipinski definition) is 2. The van der Waals surface area contributed by atoms with Gasteiger partial charge >= 0.3 is 0 Å². The normalized spacial score (nSPS) is 11.0. The van der Waals surface area contributed by atoms with Gasteiger partial charge in [-0.05, 0) is 49.4 Å². The van der Waals surface area contributed by atoms with Crippen LogP contribution in [-0.2, 0) is 0 Å². The van der Waals surface area contributed by atoms with Crippen LogP contribution < -0.4 is 5.73 Å². The Morgan fingerprint density at radius 3 is 2.71 bits per heavy atom. The second-order valence-corrected chi connectivity index (χ2v) is 6.99. The van der Waals surface area contributed by atoms with E-state index in [0.717, 1.165) is 30.8 Å². The molecule has 1 aromatic carbocycles. The van der Waals surface area contributed by atoms with Gasteiger partial charge in [-0.2, -0.15) is 0 Å². The summed E-state index contributed by atoms with van der Waals surface area (Å²) < 4.78 is 2.06. The zero-order valence-corrected chi connectivity index (χ0v) is 13.3. The number of nitrogens with zero attached hydrogens (tertiary/aromatic N) is 2. The molecular formula is C15H14N4S2. The number of aryl methyl sites for hydroxylation is 2. The molecule has 0 aliphatic rings. The van der Waals surface area contributed by atoms with Gasteiger partial charge in [0.05, 0.1) is 15.8 Å². The van der Waals surface area contributed by atoms with Crippen LogP contribution in [0.4, 0.5) is 0 Å². The molecular weight excluding hydrogens is 300 g/mol. The van der Waals surface area contributed by atoms with Crippen LogP contribution in [0.15, 0.2) is 39.7 Å². The Morgan fingerprint density at radius 1 is 1.24 bits per heavy atom. The summed E-state index contributed by atoms with van der Waals surface area (Å²) in [5, 5.41) is 8.52. The van der Waals surface area contributed by atoms with Crippen molar-refractivity contribution >= 4 is 39.2 Å². The number of hydrogen-bond acceptors (Lipinski definition) is 5. The summed E-state index contributed by atoms with van der Waals surface area (Å²) in [4.78, 5) is 9.13. The van der Waals surface area contributed by atoms with Crippen molar-refractivity contribution in [3.05, 3.63) is 47.2 Å². The van der Waals surface area contributed by atoms with Crippen LogP contribution in [-0.4, -0.2) is 15.8 Å². The van der Waals surface area contributed by atoms with Crippen molar-refractivity contribution < 1.29 is 0 Å². The van der Waals surface area contributed by atoms with E-state index < -0.39 is 0 Å². The predicted octanol–water partition coefficient (Wildman–Crippen LogP) is 3.74. The van der Waals surface area contributed by atoms with Crippen molar-refractivity contribution in [2.75, 3.05) is 0 Å². The van der Waals surface area contributed by atoms with Crippen LogP contribution in [0.3, 0.4) is 0 Å². The molecule has 21 heavy (non-hydrogen) atoms. The van der Waals surface area contributed by atoms with E-state index in [2.05, 4.69) is 16.0 Å². The highest BCUT2D eigenvalue weighted by atomic mass is 32.2. The third-order valence-corrected chi connectivity index (χ3v) is 5.12. The number of nitrogens with two attached hydrogens (primary N) is 1. The summed E-state index contributed by atoms with van der Waals surface area (Å²) in [5.74, 6) is 0.0450. The van der Waals surface area contributed by atoms with Crippen molar-refractivity contribution in [1.82, 2.24) is 9.97 Å². The number of nitrogen functional groups attached to an aromatic ring is 1. The standard InChI is InChI=1S/C15H14N4S2/c1-8-7-9(2)18-14(12(8)13(16)17)21-15-19-10-5-3-4-6-11(10)20-15/h3-7H,1-2H3,(H3,16,17). The highest BCUT2D eigenvalue weighted by molar-refractivity contribution is 8.01. The number of rotatable bonds is 3. The molecule has 0 aliphatic carbocycles. The quantitative estimate of drug-likeness (QED) is 0.570. The maximum Gasteiger partial charge on any atom is 0.157 e. The summed E-state index contributed by atoms with van der Waals surface area (Å²) in [6.07, 6.45) is 0. The molecule has 4 nitrogen and oxygen atoms in total. The number of benzene rings is 1. The molecule has 6 heteroatoms. The van der Waals surface area contributed by atoms with Crippen LogP contribution in [0.25, 0.3) is 10.2 Å². The molecule has 0 spiro atoms. The fraction of sp³-hybridized carbons (Fsp3) is 0.133. The number of fused-ring (bicyclic) bond motifs is 1. The molecule has 0 unspecified atom stereocenters. The van der Waals surface area contributed by atoms with E-state index in [4.69, 9.17) is 11.1 Å². The van der Waals surface area contributed by atoms with E-state index >= 15 is 0 Å². The number of thiazole rings is 1. The Hall–Kier alpha value is -1.92. The summed E-state index contributed by atoms with van der Waals surface area (Å²) in [6, 6.07) is 9.98. The fourth-order valence-electron chi connectivity index (χ4n) is 2.18. The van der Waals surface area contributed by atoms with Gasteiger partial charge in [0.15, 0.2) is 4.34 Å². The van der Waals surface area contributed by atoms with Crippen LogP contribution in [0.1, 0.15) is 16.8 Å². The zero-order chi connectivity index (χ0) is 15.0. The second-order valence-electron chi connectivity index (χ2n) is 4.72. The zero-order valence-electron chi connectivity index (χ0n) is 11.7. The lowest BCUT2D eigenvalue weighted by molar-refractivity contribution is 1.03. The van der Waals surface area contributed by atoms with Crippen LogP contribution in [0.2, 0.25) is 0 Å². The van der Waals surface area contributed by atoms with Gasteiger partial charge in [0.25, 0.3) is 0 Å². The van der Waals surface area contributed by atoms with Crippen LogP contribution >= 0.6 is 23.1 Å². The number of pyridine rings is 1. The van der Waals surface area contributed by atoms with Crippen LogP contribution in [0.5, 0.6) is 0 Å². The van der Waals surface area contributed by atoms with Crippen molar-refractivity contribution in [3.8, 4) is 0 Å². The number of nitrogens with one attached hydrogen (secondary N) is 1. The number of para-hydroxylation sites is 1. The minimum atomic E-state index is 0.0450. The van der Waals surface area contributed by atoms with Crippen molar-refractivity contribution in [2.45, 2.75) is 23.2 Å². The lowest BCUT2D eigenvalue weighted by Gasteiger charge is -2.10. The summed E-state index contributed by atoms with van der Waals surface area (Å²) in [7, 11) is 0. The Morgan fingerprint density at radius 2 is 2.00 bits per heavy atom. The van der Waals surface area contributed by atoms with Crippen LogP contribution in [0, 0.1) is 19.3 Å². The average Bonchev–Trinajstić information content (AvgIpc) is 2.79. The molecule has 106 valence electrons.